The monoisotopic (exact) mass is 386 g/mol. The van der Waals surface area contributed by atoms with Crippen molar-refractivity contribution in [3.63, 3.8) is 0 Å². The number of thioether (sulfide) groups is 1. The van der Waals surface area contributed by atoms with Crippen molar-refractivity contribution < 1.29 is 9.53 Å². The van der Waals surface area contributed by atoms with Crippen LogP contribution in [0.5, 0.6) is 5.75 Å². The highest BCUT2D eigenvalue weighted by Crippen LogP contribution is 2.28. The molecule has 1 aromatic heterocycles. The fourth-order valence-corrected chi connectivity index (χ4v) is 3.68. The van der Waals surface area contributed by atoms with E-state index in [1.165, 1.54) is 28.7 Å². The summed E-state index contributed by atoms with van der Waals surface area (Å²) in [5, 5.41) is 15.0. The summed E-state index contributed by atoms with van der Waals surface area (Å²) in [7, 11) is 1.59. The quantitative estimate of drug-likeness (QED) is 0.589. The Bertz CT molecular complexity index is 881. The fourth-order valence-electron chi connectivity index (χ4n) is 2.10. The molecule has 3 rings (SSSR count). The second kappa shape index (κ2) is 8.68. The molecule has 0 saturated heterocycles. The highest BCUT2D eigenvalue weighted by molar-refractivity contribution is 8.01. The van der Waals surface area contributed by atoms with Crippen molar-refractivity contribution in [1.82, 2.24) is 10.2 Å². The second-order valence-electron chi connectivity index (χ2n) is 5.43. The predicted molar refractivity (Wildman–Crippen MR) is 107 cm³/mol. The number of methoxy groups -OCH3 is 1. The maximum atomic E-state index is 12.1. The van der Waals surface area contributed by atoms with Crippen molar-refractivity contribution in [2.75, 3.05) is 23.5 Å². The number of nitrogens with one attached hydrogen (secondary N) is 2. The molecule has 0 atom stereocenters. The lowest BCUT2D eigenvalue weighted by molar-refractivity contribution is -0.113. The molecule has 6 nitrogen and oxygen atoms in total. The molecule has 1 heterocycles. The molecule has 0 spiro atoms. The van der Waals surface area contributed by atoms with Gasteiger partial charge in [-0.1, -0.05) is 46.9 Å². The second-order valence-corrected chi connectivity index (χ2v) is 7.63. The van der Waals surface area contributed by atoms with E-state index in [1.54, 1.807) is 13.2 Å². The highest BCUT2D eigenvalue weighted by Gasteiger charge is 2.09. The normalized spacial score (nSPS) is 10.4. The lowest BCUT2D eigenvalue weighted by atomic mass is 10.2. The molecule has 0 unspecified atom stereocenters. The SMILES string of the molecule is COc1cccc(NC(=O)CSc2nnc(Nc3ccc(C)cc3)s2)c1. The van der Waals surface area contributed by atoms with E-state index in [1.807, 2.05) is 49.4 Å². The van der Waals surface area contributed by atoms with E-state index >= 15 is 0 Å². The molecule has 26 heavy (non-hydrogen) atoms. The summed E-state index contributed by atoms with van der Waals surface area (Å²) in [6.07, 6.45) is 0. The van der Waals surface area contributed by atoms with Crippen LogP contribution < -0.4 is 15.4 Å². The molecular weight excluding hydrogens is 368 g/mol. The van der Waals surface area contributed by atoms with Crippen molar-refractivity contribution in [2.24, 2.45) is 0 Å². The number of anilines is 3. The Kier molecular flexibility index (Phi) is 6.08. The van der Waals surface area contributed by atoms with Crippen molar-refractivity contribution in [2.45, 2.75) is 11.3 Å². The first kappa shape index (κ1) is 18.2. The van der Waals surface area contributed by atoms with Crippen molar-refractivity contribution >= 4 is 45.5 Å². The largest absolute Gasteiger partial charge is 0.497 e. The summed E-state index contributed by atoms with van der Waals surface area (Å²) < 4.78 is 5.88. The van der Waals surface area contributed by atoms with Crippen LogP contribution in [0.15, 0.2) is 52.9 Å². The van der Waals surface area contributed by atoms with E-state index < -0.39 is 0 Å². The predicted octanol–water partition coefficient (Wildman–Crippen LogP) is 4.33. The Morgan fingerprint density at radius 3 is 2.73 bits per heavy atom. The van der Waals surface area contributed by atoms with Gasteiger partial charge in [-0.3, -0.25) is 4.79 Å². The summed E-state index contributed by atoms with van der Waals surface area (Å²) in [4.78, 5) is 12.1. The molecule has 2 N–H and O–H groups in total. The molecule has 3 aromatic rings. The van der Waals surface area contributed by atoms with E-state index in [0.717, 1.165) is 10.0 Å². The summed E-state index contributed by atoms with van der Waals surface area (Å²) >= 11 is 2.77. The number of hydrogen-bond acceptors (Lipinski definition) is 7. The Balaban J connectivity index is 1.51. The Labute approximate surface area is 160 Å². The number of aromatic nitrogens is 2. The lowest BCUT2D eigenvalue weighted by Crippen LogP contribution is -2.13. The number of amides is 1. The van der Waals surface area contributed by atoms with Gasteiger partial charge in [-0.2, -0.15) is 0 Å². The molecule has 0 aliphatic heterocycles. The van der Waals surface area contributed by atoms with Gasteiger partial charge in [-0.25, -0.2) is 0 Å². The van der Waals surface area contributed by atoms with E-state index in [4.69, 9.17) is 4.74 Å². The van der Waals surface area contributed by atoms with Crippen LogP contribution in [0.1, 0.15) is 5.56 Å². The first-order valence-corrected chi connectivity index (χ1v) is 9.66. The Morgan fingerprint density at radius 2 is 1.96 bits per heavy atom. The number of benzene rings is 2. The van der Waals surface area contributed by atoms with Gasteiger partial charge in [-0.15, -0.1) is 10.2 Å². The first-order valence-electron chi connectivity index (χ1n) is 7.86. The van der Waals surface area contributed by atoms with Crippen LogP contribution in [0.3, 0.4) is 0 Å². The standard InChI is InChI=1S/C18H18N4O2S2/c1-12-6-8-13(9-7-12)20-17-21-22-18(26-17)25-11-16(23)19-14-4-3-5-15(10-14)24-2/h3-10H,11H2,1-2H3,(H,19,23)(H,20,21). The maximum absolute atomic E-state index is 12.1. The van der Waals surface area contributed by atoms with Crippen LogP contribution in [0.25, 0.3) is 0 Å². The zero-order chi connectivity index (χ0) is 18.4. The number of hydrogen-bond donors (Lipinski definition) is 2. The van der Waals surface area contributed by atoms with Crippen LogP contribution in [-0.4, -0.2) is 29.0 Å². The van der Waals surface area contributed by atoms with E-state index in [-0.39, 0.29) is 11.7 Å². The van der Waals surface area contributed by atoms with Gasteiger partial charge in [0, 0.05) is 17.4 Å². The van der Waals surface area contributed by atoms with Crippen molar-refractivity contribution in [3.8, 4) is 5.75 Å². The third kappa shape index (κ3) is 5.21. The molecule has 2 aromatic carbocycles. The summed E-state index contributed by atoms with van der Waals surface area (Å²) in [5.74, 6) is 0.856. The van der Waals surface area contributed by atoms with Crippen molar-refractivity contribution in [3.05, 3.63) is 54.1 Å². The average molecular weight is 387 g/mol. The van der Waals surface area contributed by atoms with E-state index in [2.05, 4.69) is 20.8 Å². The Hall–Kier alpha value is -2.58. The average Bonchev–Trinajstić information content (AvgIpc) is 3.09. The number of rotatable bonds is 7. The topological polar surface area (TPSA) is 76.1 Å². The third-order valence-corrected chi connectivity index (χ3v) is 5.36. The van der Waals surface area contributed by atoms with Gasteiger partial charge < -0.3 is 15.4 Å². The summed E-state index contributed by atoms with van der Waals surface area (Å²) in [6.45, 7) is 2.04. The molecule has 0 aliphatic rings. The van der Waals surface area contributed by atoms with Crippen LogP contribution in [0.2, 0.25) is 0 Å². The lowest BCUT2D eigenvalue weighted by Gasteiger charge is -2.06. The van der Waals surface area contributed by atoms with Crippen LogP contribution >= 0.6 is 23.1 Å². The summed E-state index contributed by atoms with van der Waals surface area (Å²) in [6, 6.07) is 15.3. The van der Waals surface area contributed by atoms with Gasteiger partial charge in [0.2, 0.25) is 11.0 Å². The van der Waals surface area contributed by atoms with Crippen LogP contribution in [0, 0.1) is 6.92 Å². The molecule has 0 bridgehead atoms. The van der Waals surface area contributed by atoms with Crippen LogP contribution in [0.4, 0.5) is 16.5 Å². The number of carbonyl (C=O) groups excluding carboxylic acids is 1. The molecule has 0 fully saturated rings. The number of ether oxygens (including phenoxy) is 1. The molecule has 1 amide bonds. The van der Waals surface area contributed by atoms with Gasteiger partial charge >= 0.3 is 0 Å². The maximum Gasteiger partial charge on any atom is 0.234 e. The highest BCUT2D eigenvalue weighted by atomic mass is 32.2. The van der Waals surface area contributed by atoms with Gasteiger partial charge in [0.1, 0.15) is 5.75 Å². The van der Waals surface area contributed by atoms with E-state index in [0.29, 0.717) is 16.6 Å². The van der Waals surface area contributed by atoms with E-state index in [9.17, 15) is 4.79 Å². The minimum Gasteiger partial charge on any atom is -0.497 e. The van der Waals surface area contributed by atoms with Gasteiger partial charge in [0.15, 0.2) is 4.34 Å². The zero-order valence-corrected chi connectivity index (χ0v) is 16.0. The fraction of sp³-hybridized carbons (Fsp3) is 0.167. The third-order valence-electron chi connectivity index (χ3n) is 3.39. The first-order chi connectivity index (χ1) is 12.6. The molecule has 0 saturated carbocycles. The molecular formula is C18H18N4O2S2. The molecule has 0 radical (unpaired) electrons. The summed E-state index contributed by atoms with van der Waals surface area (Å²) in [5.41, 5.74) is 2.86. The number of carbonyl (C=O) groups is 1. The zero-order valence-electron chi connectivity index (χ0n) is 14.4. The minimum atomic E-state index is -0.105. The number of nitrogens with zero attached hydrogens (tertiary/aromatic N) is 2. The van der Waals surface area contributed by atoms with Gasteiger partial charge in [-0.05, 0) is 31.2 Å². The van der Waals surface area contributed by atoms with Gasteiger partial charge in [0.05, 0.1) is 12.9 Å². The Morgan fingerprint density at radius 1 is 1.15 bits per heavy atom. The number of aryl methyl sites for hydroxylation is 1. The van der Waals surface area contributed by atoms with Gasteiger partial charge in [0.25, 0.3) is 0 Å². The smallest absolute Gasteiger partial charge is 0.234 e. The molecule has 0 aliphatic carbocycles. The van der Waals surface area contributed by atoms with Crippen LogP contribution in [-0.2, 0) is 4.79 Å². The van der Waals surface area contributed by atoms with Crippen molar-refractivity contribution in [1.29, 1.82) is 0 Å². The molecule has 134 valence electrons. The minimum absolute atomic E-state index is 0.105. The molecule has 8 heteroatoms.